The SMILES string of the molecule is CO[C@@H]1CCC[C@H]2C1=C(C(=O)OCc1ccccc1)N1C(=O)[C@H]([C@@H](C)OC(=O)OCc3ccc([N+](=O)[O-])cc3)[C@@H]21. The minimum Gasteiger partial charge on any atom is -0.456 e. The maximum absolute atomic E-state index is 13.4. The summed E-state index contributed by atoms with van der Waals surface area (Å²) in [6.45, 7) is 1.57. The molecule has 0 aromatic heterocycles. The van der Waals surface area contributed by atoms with Crippen LogP contribution in [0.2, 0.25) is 0 Å². The van der Waals surface area contributed by atoms with E-state index in [0.29, 0.717) is 5.56 Å². The maximum Gasteiger partial charge on any atom is 0.508 e. The topological polar surface area (TPSA) is 135 Å². The van der Waals surface area contributed by atoms with Crippen LogP contribution in [-0.4, -0.2) is 53.2 Å². The molecule has 0 spiro atoms. The van der Waals surface area contributed by atoms with Crippen molar-refractivity contribution in [2.45, 2.75) is 57.6 Å². The number of fused-ring (bicyclic) bond motifs is 3. The van der Waals surface area contributed by atoms with Gasteiger partial charge in [0.05, 0.1) is 23.0 Å². The Morgan fingerprint density at radius 3 is 2.38 bits per heavy atom. The molecule has 210 valence electrons. The van der Waals surface area contributed by atoms with Crippen molar-refractivity contribution >= 4 is 23.7 Å². The van der Waals surface area contributed by atoms with Crippen LogP contribution < -0.4 is 0 Å². The lowest BCUT2D eigenvalue weighted by Gasteiger charge is -2.48. The predicted molar refractivity (Wildman–Crippen MR) is 139 cm³/mol. The van der Waals surface area contributed by atoms with Gasteiger partial charge in [0.2, 0.25) is 5.91 Å². The van der Waals surface area contributed by atoms with Gasteiger partial charge in [-0.15, -0.1) is 0 Å². The van der Waals surface area contributed by atoms with E-state index in [1.807, 2.05) is 30.3 Å². The summed E-state index contributed by atoms with van der Waals surface area (Å²) >= 11 is 0. The van der Waals surface area contributed by atoms with Crippen molar-refractivity contribution in [3.63, 3.8) is 0 Å². The number of carbonyl (C=O) groups is 3. The van der Waals surface area contributed by atoms with Gasteiger partial charge in [-0.1, -0.05) is 30.3 Å². The maximum atomic E-state index is 13.4. The van der Waals surface area contributed by atoms with E-state index in [4.69, 9.17) is 18.9 Å². The quantitative estimate of drug-likeness (QED) is 0.194. The summed E-state index contributed by atoms with van der Waals surface area (Å²) in [5, 5.41) is 10.8. The van der Waals surface area contributed by atoms with Crippen LogP contribution in [0, 0.1) is 22.0 Å². The molecule has 0 N–H and O–H groups in total. The first-order chi connectivity index (χ1) is 19.3. The van der Waals surface area contributed by atoms with Crippen molar-refractivity contribution in [1.29, 1.82) is 0 Å². The molecule has 1 saturated carbocycles. The van der Waals surface area contributed by atoms with Crippen LogP contribution in [-0.2, 0) is 41.8 Å². The van der Waals surface area contributed by atoms with E-state index in [-0.39, 0.29) is 48.6 Å². The molecule has 0 radical (unpaired) electrons. The molecule has 2 fully saturated rings. The molecule has 2 aromatic carbocycles. The standard InChI is InChI=1S/C29H30N2O9/c1-17(40-29(34)39-16-19-11-13-20(14-12-19)31(35)36)23-25-21-9-6-10-22(37-2)24(21)26(30(25)27(23)32)28(33)38-15-18-7-4-3-5-8-18/h3-5,7-8,11-14,17,21-23,25H,6,9-10,15-16H2,1-2H3/t17-,21+,22-,23-,25-/m1/s1. The van der Waals surface area contributed by atoms with Crippen molar-refractivity contribution in [1.82, 2.24) is 4.90 Å². The zero-order chi connectivity index (χ0) is 28.4. The molecular weight excluding hydrogens is 520 g/mol. The van der Waals surface area contributed by atoms with Gasteiger partial charge in [-0.3, -0.25) is 14.9 Å². The average molecular weight is 551 g/mol. The van der Waals surface area contributed by atoms with E-state index in [0.717, 1.165) is 30.4 Å². The van der Waals surface area contributed by atoms with Gasteiger partial charge in [-0.05, 0) is 55.0 Å². The molecule has 40 heavy (non-hydrogen) atoms. The molecule has 1 amide bonds. The predicted octanol–water partition coefficient (Wildman–Crippen LogP) is 4.29. The van der Waals surface area contributed by atoms with Crippen LogP contribution in [0.1, 0.15) is 37.3 Å². The number of esters is 1. The Bertz CT molecular complexity index is 1320. The van der Waals surface area contributed by atoms with Crippen molar-refractivity contribution < 1.29 is 38.3 Å². The number of nitro benzene ring substituents is 1. The highest BCUT2D eigenvalue weighted by atomic mass is 16.7. The zero-order valence-electron chi connectivity index (χ0n) is 22.2. The van der Waals surface area contributed by atoms with Gasteiger partial charge >= 0.3 is 12.1 Å². The van der Waals surface area contributed by atoms with E-state index in [1.165, 1.54) is 29.2 Å². The molecule has 3 aliphatic rings. The van der Waals surface area contributed by atoms with Gasteiger partial charge in [0, 0.05) is 25.2 Å². The Morgan fingerprint density at radius 1 is 1.02 bits per heavy atom. The van der Waals surface area contributed by atoms with E-state index in [2.05, 4.69) is 0 Å². The van der Waals surface area contributed by atoms with Gasteiger partial charge in [-0.25, -0.2) is 9.59 Å². The molecule has 0 unspecified atom stereocenters. The first-order valence-corrected chi connectivity index (χ1v) is 13.2. The smallest absolute Gasteiger partial charge is 0.456 e. The largest absolute Gasteiger partial charge is 0.508 e. The fraction of sp³-hybridized carbons (Fsp3) is 0.414. The minimum absolute atomic E-state index is 0.0701. The normalized spacial score (nSPS) is 23.9. The summed E-state index contributed by atoms with van der Waals surface area (Å²) in [4.78, 5) is 51.0. The molecule has 1 saturated heterocycles. The summed E-state index contributed by atoms with van der Waals surface area (Å²) in [7, 11) is 1.59. The third-order valence-corrected chi connectivity index (χ3v) is 7.83. The van der Waals surface area contributed by atoms with Crippen molar-refractivity contribution in [2.75, 3.05) is 7.11 Å². The molecule has 2 heterocycles. The number of hydrogen-bond acceptors (Lipinski definition) is 9. The van der Waals surface area contributed by atoms with Crippen LogP contribution in [0.15, 0.2) is 65.9 Å². The van der Waals surface area contributed by atoms with Crippen LogP contribution in [0.4, 0.5) is 10.5 Å². The van der Waals surface area contributed by atoms with E-state index >= 15 is 0 Å². The number of methoxy groups -OCH3 is 1. The van der Waals surface area contributed by atoms with Crippen LogP contribution in [0.3, 0.4) is 0 Å². The van der Waals surface area contributed by atoms with Crippen molar-refractivity contribution in [2.24, 2.45) is 11.8 Å². The van der Waals surface area contributed by atoms with E-state index in [9.17, 15) is 24.5 Å². The second-order valence-corrected chi connectivity index (χ2v) is 10.1. The van der Waals surface area contributed by atoms with Gasteiger partial charge in [0.25, 0.3) is 5.69 Å². The number of amides is 1. The Hall–Kier alpha value is -4.25. The van der Waals surface area contributed by atoms with Crippen LogP contribution >= 0.6 is 0 Å². The van der Waals surface area contributed by atoms with Crippen molar-refractivity contribution in [3.05, 3.63) is 87.1 Å². The Kier molecular flexibility index (Phi) is 7.83. The molecule has 0 bridgehead atoms. The average Bonchev–Trinajstić information content (AvgIpc) is 3.26. The van der Waals surface area contributed by atoms with Gasteiger partial charge in [0.15, 0.2) is 0 Å². The highest BCUT2D eigenvalue weighted by Gasteiger charge is 2.63. The molecule has 1 aliphatic carbocycles. The van der Waals surface area contributed by atoms with Crippen LogP contribution in [0.5, 0.6) is 0 Å². The number of benzene rings is 2. The molecule has 11 nitrogen and oxygen atoms in total. The summed E-state index contributed by atoms with van der Waals surface area (Å²) in [5.41, 5.74) is 2.34. The highest BCUT2D eigenvalue weighted by molar-refractivity contribution is 6.01. The first-order valence-electron chi connectivity index (χ1n) is 13.2. The lowest BCUT2D eigenvalue weighted by molar-refractivity contribution is -0.384. The number of nitro groups is 1. The fourth-order valence-electron chi connectivity index (χ4n) is 5.96. The van der Waals surface area contributed by atoms with E-state index in [1.54, 1.807) is 14.0 Å². The Morgan fingerprint density at radius 2 is 1.70 bits per heavy atom. The Balaban J connectivity index is 1.26. The molecular formula is C29H30N2O9. The summed E-state index contributed by atoms with van der Waals surface area (Å²) in [6.07, 6.45) is 0.313. The lowest BCUT2D eigenvalue weighted by Crippen LogP contribution is -2.64. The second-order valence-electron chi connectivity index (χ2n) is 10.1. The second kappa shape index (κ2) is 11.5. The van der Waals surface area contributed by atoms with Crippen LogP contribution in [0.25, 0.3) is 0 Å². The van der Waals surface area contributed by atoms with E-state index < -0.39 is 29.1 Å². The third-order valence-electron chi connectivity index (χ3n) is 7.83. The third kappa shape index (κ3) is 5.16. The van der Waals surface area contributed by atoms with Gasteiger partial charge in [0.1, 0.15) is 25.0 Å². The number of carbonyl (C=O) groups excluding carboxylic acids is 3. The fourth-order valence-corrected chi connectivity index (χ4v) is 5.96. The minimum atomic E-state index is -0.954. The molecule has 5 rings (SSSR count). The molecule has 11 heteroatoms. The summed E-state index contributed by atoms with van der Waals surface area (Å²) in [5.74, 6) is -1.65. The highest BCUT2D eigenvalue weighted by Crippen LogP contribution is 2.53. The molecule has 2 aliphatic heterocycles. The van der Waals surface area contributed by atoms with Crippen molar-refractivity contribution in [3.8, 4) is 0 Å². The number of ether oxygens (including phenoxy) is 4. The lowest BCUT2D eigenvalue weighted by atomic mass is 9.71. The first kappa shape index (κ1) is 27.3. The number of β-lactam (4-membered cyclic amide) rings is 1. The number of rotatable bonds is 9. The molecule has 5 atom stereocenters. The summed E-state index contributed by atoms with van der Waals surface area (Å²) in [6, 6.07) is 14.6. The number of non-ortho nitro benzene ring substituents is 1. The van der Waals surface area contributed by atoms with Gasteiger partial charge < -0.3 is 23.8 Å². The number of nitrogens with zero attached hydrogens (tertiary/aromatic N) is 2. The monoisotopic (exact) mass is 550 g/mol. The number of hydrogen-bond donors (Lipinski definition) is 0. The summed E-state index contributed by atoms with van der Waals surface area (Å²) < 4.78 is 22.0. The molecule has 2 aromatic rings. The van der Waals surface area contributed by atoms with Gasteiger partial charge in [-0.2, -0.15) is 0 Å². The zero-order valence-corrected chi connectivity index (χ0v) is 22.2. The Labute approximate surface area is 230 Å².